The second-order valence-corrected chi connectivity index (χ2v) is 9.96. The number of rotatable bonds is 6. The molecule has 0 aromatic heterocycles. The minimum absolute atomic E-state index is 0.0801. The van der Waals surface area contributed by atoms with Gasteiger partial charge in [0.2, 0.25) is 5.91 Å². The molecule has 5 heteroatoms. The van der Waals surface area contributed by atoms with Crippen molar-refractivity contribution in [2.24, 2.45) is 23.2 Å². The Balaban J connectivity index is 1.60. The Bertz CT molecular complexity index is 794. The van der Waals surface area contributed by atoms with Gasteiger partial charge in [0.1, 0.15) is 11.5 Å². The summed E-state index contributed by atoms with van der Waals surface area (Å²) in [5.74, 6) is 2.23. The summed E-state index contributed by atoms with van der Waals surface area (Å²) in [7, 11) is 0. The first-order chi connectivity index (χ1) is 14.0. The summed E-state index contributed by atoms with van der Waals surface area (Å²) in [6, 6.07) is 6.56. The van der Waals surface area contributed by atoms with Crippen LogP contribution < -0.4 is 10.1 Å². The number of hydrogen-bond donors (Lipinski definition) is 1. The Kier molecular flexibility index (Phi) is 6.06. The molecule has 0 saturated heterocycles. The number of fused-ring (bicyclic) bond motifs is 5. The summed E-state index contributed by atoms with van der Waals surface area (Å²) in [6.45, 7) is 5.44. The number of nitrogens with one attached hydrogen (secondary N) is 1. The number of carbonyl (C=O) groups is 2. The maximum atomic E-state index is 12.9. The van der Waals surface area contributed by atoms with E-state index in [9.17, 15) is 9.59 Å². The van der Waals surface area contributed by atoms with Crippen LogP contribution in [0.5, 0.6) is 5.75 Å². The molecule has 0 unspecified atom stereocenters. The molecule has 4 rings (SSSR count). The molecule has 1 aromatic rings. The number of halogens is 1. The number of Topliss-reactive ketones (excluding diaryl/α,β-unsaturated/α-hetero) is 1. The highest BCUT2D eigenvalue weighted by molar-refractivity contribution is 9.09. The van der Waals surface area contributed by atoms with Gasteiger partial charge >= 0.3 is 0 Å². The van der Waals surface area contributed by atoms with Crippen molar-refractivity contribution in [3.8, 4) is 5.75 Å². The van der Waals surface area contributed by atoms with Crippen molar-refractivity contribution >= 4 is 27.6 Å². The second-order valence-electron chi connectivity index (χ2n) is 9.17. The zero-order chi connectivity index (χ0) is 20.6. The van der Waals surface area contributed by atoms with Gasteiger partial charge in [-0.1, -0.05) is 28.9 Å². The van der Waals surface area contributed by atoms with Crippen LogP contribution in [0.15, 0.2) is 18.2 Å². The number of ketones is 1. The van der Waals surface area contributed by atoms with Gasteiger partial charge in [-0.3, -0.25) is 9.59 Å². The minimum atomic E-state index is -0.326. The largest absolute Gasteiger partial charge is 0.494 e. The monoisotopic (exact) mass is 461 g/mol. The lowest BCUT2D eigenvalue weighted by Crippen LogP contribution is -2.46. The highest BCUT2D eigenvalue weighted by atomic mass is 79.9. The van der Waals surface area contributed by atoms with Gasteiger partial charge in [-0.25, -0.2) is 0 Å². The van der Waals surface area contributed by atoms with Crippen molar-refractivity contribution in [1.29, 1.82) is 0 Å². The molecule has 0 aliphatic heterocycles. The van der Waals surface area contributed by atoms with Gasteiger partial charge in [0.05, 0.1) is 6.61 Å². The second kappa shape index (κ2) is 8.41. The molecule has 158 valence electrons. The topological polar surface area (TPSA) is 55.4 Å². The molecule has 2 saturated carbocycles. The molecule has 1 aromatic carbocycles. The fraction of sp³-hybridized carbons (Fsp3) is 0.667. The third kappa shape index (κ3) is 3.64. The molecular formula is C24H32BrNO3. The fourth-order valence-corrected chi connectivity index (χ4v) is 6.56. The maximum absolute atomic E-state index is 12.9. The van der Waals surface area contributed by atoms with Gasteiger partial charge in [0.15, 0.2) is 0 Å². The van der Waals surface area contributed by atoms with Crippen molar-refractivity contribution in [1.82, 2.24) is 5.32 Å². The van der Waals surface area contributed by atoms with Gasteiger partial charge in [-0.15, -0.1) is 0 Å². The van der Waals surface area contributed by atoms with Crippen molar-refractivity contribution in [3.63, 3.8) is 0 Å². The molecular weight excluding hydrogens is 430 g/mol. The Morgan fingerprint density at radius 1 is 1.34 bits per heavy atom. The lowest BCUT2D eigenvalue weighted by molar-refractivity contribution is -0.130. The van der Waals surface area contributed by atoms with E-state index in [1.54, 1.807) is 0 Å². The number of amides is 1. The number of aryl methyl sites for hydroxylation is 1. The van der Waals surface area contributed by atoms with Crippen LogP contribution in [0.25, 0.3) is 0 Å². The Morgan fingerprint density at radius 2 is 2.17 bits per heavy atom. The first-order valence-electron chi connectivity index (χ1n) is 11.1. The van der Waals surface area contributed by atoms with E-state index >= 15 is 0 Å². The lowest BCUT2D eigenvalue weighted by Gasteiger charge is -2.49. The molecule has 29 heavy (non-hydrogen) atoms. The predicted octanol–water partition coefficient (Wildman–Crippen LogP) is 4.64. The van der Waals surface area contributed by atoms with Gasteiger partial charge in [0.25, 0.3) is 0 Å². The van der Waals surface area contributed by atoms with E-state index in [1.807, 2.05) is 6.92 Å². The molecule has 4 nitrogen and oxygen atoms in total. The zero-order valence-electron chi connectivity index (χ0n) is 17.5. The number of benzene rings is 1. The fourth-order valence-electron chi connectivity index (χ4n) is 6.33. The van der Waals surface area contributed by atoms with Gasteiger partial charge in [-0.2, -0.15) is 0 Å². The third-order valence-electron chi connectivity index (χ3n) is 7.66. The quantitative estimate of drug-likeness (QED) is 0.495. The van der Waals surface area contributed by atoms with Gasteiger partial charge < -0.3 is 10.1 Å². The molecule has 0 spiro atoms. The first kappa shape index (κ1) is 20.9. The lowest BCUT2D eigenvalue weighted by atomic mass is 9.54. The number of alkyl halides is 1. The van der Waals surface area contributed by atoms with E-state index in [0.717, 1.165) is 49.8 Å². The van der Waals surface area contributed by atoms with Crippen molar-refractivity contribution in [2.75, 3.05) is 18.5 Å². The van der Waals surface area contributed by atoms with Gasteiger partial charge in [-0.05, 0) is 80.0 Å². The molecule has 1 amide bonds. The molecule has 0 heterocycles. The summed E-state index contributed by atoms with van der Waals surface area (Å²) >= 11 is 3.44. The summed E-state index contributed by atoms with van der Waals surface area (Å²) < 4.78 is 5.90. The Labute approximate surface area is 182 Å². The molecule has 1 N–H and O–H groups in total. The molecule has 5 atom stereocenters. The average molecular weight is 462 g/mol. The van der Waals surface area contributed by atoms with Crippen LogP contribution in [0.2, 0.25) is 0 Å². The molecule has 0 radical (unpaired) electrons. The van der Waals surface area contributed by atoms with Crippen LogP contribution >= 0.6 is 15.9 Å². The van der Waals surface area contributed by atoms with Crippen molar-refractivity contribution in [3.05, 3.63) is 29.3 Å². The SMILES string of the molecule is CCNC(=O)[C@H]1CC(=O)[C@@]2(C)CC[C@@H]3c4ccc(OCCCBr)cc4CC[C@H]3[C@H]12. The zero-order valence-corrected chi connectivity index (χ0v) is 19.1. The van der Waals surface area contributed by atoms with Crippen LogP contribution in [0.4, 0.5) is 0 Å². The molecule has 2 fully saturated rings. The van der Waals surface area contributed by atoms with Crippen molar-refractivity contribution < 1.29 is 14.3 Å². The van der Waals surface area contributed by atoms with E-state index in [0.29, 0.717) is 30.6 Å². The average Bonchev–Trinajstić information content (AvgIpc) is 2.99. The van der Waals surface area contributed by atoms with E-state index in [2.05, 4.69) is 46.4 Å². The third-order valence-corrected chi connectivity index (χ3v) is 8.22. The van der Waals surface area contributed by atoms with Crippen LogP contribution in [-0.4, -0.2) is 30.2 Å². The summed E-state index contributed by atoms with van der Waals surface area (Å²) in [5, 5.41) is 3.95. The van der Waals surface area contributed by atoms with Crippen LogP contribution in [-0.2, 0) is 16.0 Å². The normalized spacial score (nSPS) is 32.9. The highest BCUT2D eigenvalue weighted by Crippen LogP contribution is 2.61. The highest BCUT2D eigenvalue weighted by Gasteiger charge is 2.60. The minimum Gasteiger partial charge on any atom is -0.494 e. The van der Waals surface area contributed by atoms with E-state index in [1.165, 1.54) is 11.1 Å². The predicted molar refractivity (Wildman–Crippen MR) is 118 cm³/mol. The Hall–Kier alpha value is -1.36. The smallest absolute Gasteiger partial charge is 0.223 e. The van der Waals surface area contributed by atoms with Crippen LogP contribution in [0.3, 0.4) is 0 Å². The summed E-state index contributed by atoms with van der Waals surface area (Å²) in [5.41, 5.74) is 2.49. The Morgan fingerprint density at radius 3 is 2.93 bits per heavy atom. The standard InChI is InChI=1S/C24H32BrNO3/c1-3-26-23(28)20-14-21(27)24(2)10-9-18-17-8-6-16(29-12-4-11-25)13-15(17)5-7-19(18)22(20)24/h6,8,13,18-20,22H,3-5,7,9-12,14H2,1-2H3,(H,26,28)/t18-,19-,20+,22-,24-/m1/s1. The molecule has 3 aliphatic rings. The van der Waals surface area contributed by atoms with E-state index < -0.39 is 0 Å². The maximum Gasteiger partial charge on any atom is 0.223 e. The molecule has 3 aliphatic carbocycles. The first-order valence-corrected chi connectivity index (χ1v) is 12.2. The number of ether oxygens (including phenoxy) is 1. The summed E-state index contributed by atoms with van der Waals surface area (Å²) in [4.78, 5) is 25.7. The van der Waals surface area contributed by atoms with Crippen LogP contribution in [0.1, 0.15) is 63.0 Å². The van der Waals surface area contributed by atoms with Gasteiger partial charge in [0, 0.05) is 29.6 Å². The summed E-state index contributed by atoms with van der Waals surface area (Å²) in [6.07, 6.45) is 5.43. The van der Waals surface area contributed by atoms with E-state index in [4.69, 9.17) is 4.74 Å². The number of carbonyl (C=O) groups excluding carboxylic acids is 2. The molecule has 0 bridgehead atoms. The number of hydrogen-bond acceptors (Lipinski definition) is 3. The van der Waals surface area contributed by atoms with E-state index in [-0.39, 0.29) is 23.2 Å². The van der Waals surface area contributed by atoms with Crippen molar-refractivity contribution in [2.45, 2.75) is 58.3 Å². The van der Waals surface area contributed by atoms with Crippen LogP contribution in [0, 0.1) is 23.2 Å².